The van der Waals surface area contributed by atoms with Gasteiger partial charge in [0.25, 0.3) is 5.91 Å². The Kier molecular flexibility index (Phi) is 8.35. The van der Waals surface area contributed by atoms with Crippen molar-refractivity contribution in [1.82, 2.24) is 20.1 Å². The van der Waals surface area contributed by atoms with Crippen molar-refractivity contribution in [1.29, 1.82) is 0 Å². The molecule has 0 aliphatic carbocycles. The van der Waals surface area contributed by atoms with E-state index in [1.54, 1.807) is 31.4 Å². The Hall–Kier alpha value is -3.04. The van der Waals surface area contributed by atoms with E-state index in [4.69, 9.17) is 16.3 Å². The second-order valence-corrected chi connectivity index (χ2v) is 8.65. The fraction of sp³-hybridized carbons (Fsp3) is 0.304. The smallest absolute Gasteiger partial charge is 0.253 e. The topological polar surface area (TPSA) is 98.1 Å². The summed E-state index contributed by atoms with van der Waals surface area (Å²) in [4.78, 5) is 25.1. The largest absolute Gasteiger partial charge is 0.495 e. The van der Waals surface area contributed by atoms with Crippen molar-refractivity contribution in [2.24, 2.45) is 0 Å². The van der Waals surface area contributed by atoms with Crippen molar-refractivity contribution < 1.29 is 14.3 Å². The van der Waals surface area contributed by atoms with Crippen LogP contribution in [0.2, 0.25) is 5.02 Å². The summed E-state index contributed by atoms with van der Waals surface area (Å²) in [6, 6.07) is 12.0. The first-order valence-electron chi connectivity index (χ1n) is 10.4. The van der Waals surface area contributed by atoms with E-state index >= 15 is 0 Å². The highest BCUT2D eigenvalue weighted by Gasteiger charge is 2.21. The van der Waals surface area contributed by atoms with Gasteiger partial charge in [0.05, 0.1) is 35.2 Å². The predicted octanol–water partition coefficient (Wildman–Crippen LogP) is 4.49. The maximum atomic E-state index is 12.6. The molecule has 3 rings (SSSR count). The second kappa shape index (κ2) is 11.2. The van der Waals surface area contributed by atoms with Gasteiger partial charge >= 0.3 is 0 Å². The third kappa shape index (κ3) is 6.06. The predicted molar refractivity (Wildman–Crippen MR) is 130 cm³/mol. The molecule has 0 fully saturated rings. The Bertz CT molecular complexity index is 1150. The molecular formula is C23H26ClN5O3S. The zero-order valence-electron chi connectivity index (χ0n) is 18.9. The van der Waals surface area contributed by atoms with Gasteiger partial charge in [0, 0.05) is 6.54 Å². The van der Waals surface area contributed by atoms with E-state index in [-0.39, 0.29) is 17.6 Å². The molecule has 8 nitrogen and oxygen atoms in total. The molecule has 2 aromatic carbocycles. The number of nitrogens with zero attached hydrogens (tertiary/aromatic N) is 3. The van der Waals surface area contributed by atoms with Crippen LogP contribution in [0.25, 0.3) is 0 Å². The molecule has 0 unspecified atom stereocenters. The summed E-state index contributed by atoms with van der Waals surface area (Å²) in [7, 11) is 1.56. The van der Waals surface area contributed by atoms with E-state index in [1.807, 2.05) is 43.5 Å². The SMILES string of the molecule is CCn1c(SCC(=O)Nc2cc(C)ccc2OC)nnc1[C@H](C)NC(=O)c1ccccc1Cl. The molecule has 2 amide bonds. The number of aromatic nitrogens is 3. The van der Waals surface area contributed by atoms with Gasteiger partial charge in [-0.2, -0.15) is 0 Å². The van der Waals surface area contributed by atoms with E-state index in [2.05, 4.69) is 20.8 Å². The molecule has 1 atom stereocenters. The molecule has 10 heteroatoms. The minimum atomic E-state index is -0.402. The Labute approximate surface area is 202 Å². The van der Waals surface area contributed by atoms with Gasteiger partial charge < -0.3 is 19.9 Å². The molecule has 0 saturated carbocycles. The monoisotopic (exact) mass is 487 g/mol. The quantitative estimate of drug-likeness (QED) is 0.431. The molecular weight excluding hydrogens is 462 g/mol. The number of halogens is 1. The summed E-state index contributed by atoms with van der Waals surface area (Å²) >= 11 is 7.40. The summed E-state index contributed by atoms with van der Waals surface area (Å²) in [5, 5.41) is 15.2. The number of benzene rings is 2. The van der Waals surface area contributed by atoms with Crippen LogP contribution in [0.4, 0.5) is 5.69 Å². The van der Waals surface area contributed by atoms with E-state index in [9.17, 15) is 9.59 Å². The van der Waals surface area contributed by atoms with Crippen LogP contribution in [0.1, 0.15) is 41.6 Å². The van der Waals surface area contributed by atoms with Crippen LogP contribution in [0.3, 0.4) is 0 Å². The van der Waals surface area contributed by atoms with Crippen molar-refractivity contribution in [2.45, 2.75) is 38.5 Å². The zero-order chi connectivity index (χ0) is 24.0. The maximum Gasteiger partial charge on any atom is 0.253 e. The number of hydrogen-bond acceptors (Lipinski definition) is 6. The highest BCUT2D eigenvalue weighted by molar-refractivity contribution is 7.99. The number of nitrogens with one attached hydrogen (secondary N) is 2. The number of ether oxygens (including phenoxy) is 1. The highest BCUT2D eigenvalue weighted by atomic mass is 35.5. The third-order valence-corrected chi connectivity index (χ3v) is 6.17. The van der Waals surface area contributed by atoms with Gasteiger partial charge in [0.2, 0.25) is 5.91 Å². The average Bonchev–Trinajstić information content (AvgIpc) is 3.21. The van der Waals surface area contributed by atoms with Gasteiger partial charge in [-0.25, -0.2) is 0 Å². The van der Waals surface area contributed by atoms with Crippen LogP contribution in [0.5, 0.6) is 5.75 Å². The second-order valence-electron chi connectivity index (χ2n) is 7.30. The molecule has 0 saturated heterocycles. The Morgan fingerprint density at radius 1 is 1.21 bits per heavy atom. The van der Waals surface area contributed by atoms with Gasteiger partial charge in [0.15, 0.2) is 11.0 Å². The van der Waals surface area contributed by atoms with Gasteiger partial charge in [-0.3, -0.25) is 9.59 Å². The number of amides is 2. The van der Waals surface area contributed by atoms with Crippen LogP contribution in [0, 0.1) is 6.92 Å². The molecule has 1 aromatic heterocycles. The van der Waals surface area contributed by atoms with Crippen molar-refractivity contribution in [3.05, 3.63) is 64.4 Å². The molecule has 0 radical (unpaired) electrons. The number of hydrogen-bond donors (Lipinski definition) is 2. The number of carbonyl (C=O) groups is 2. The molecule has 33 heavy (non-hydrogen) atoms. The number of thioether (sulfide) groups is 1. The first kappa shape index (κ1) is 24.6. The van der Waals surface area contributed by atoms with Crippen molar-refractivity contribution in [3.8, 4) is 5.75 Å². The first-order chi connectivity index (χ1) is 15.8. The van der Waals surface area contributed by atoms with Crippen LogP contribution in [-0.4, -0.2) is 39.4 Å². The van der Waals surface area contributed by atoms with Crippen molar-refractivity contribution >= 4 is 40.9 Å². The molecule has 2 N–H and O–H groups in total. The first-order valence-corrected chi connectivity index (χ1v) is 11.8. The van der Waals surface area contributed by atoms with Crippen LogP contribution >= 0.6 is 23.4 Å². The normalized spacial score (nSPS) is 11.7. The lowest BCUT2D eigenvalue weighted by Crippen LogP contribution is -2.29. The van der Waals surface area contributed by atoms with Gasteiger partial charge in [-0.1, -0.05) is 41.6 Å². The van der Waals surface area contributed by atoms with E-state index < -0.39 is 6.04 Å². The Balaban J connectivity index is 1.65. The minimum Gasteiger partial charge on any atom is -0.495 e. The number of carbonyl (C=O) groups excluding carboxylic acids is 2. The Morgan fingerprint density at radius 2 is 1.97 bits per heavy atom. The summed E-state index contributed by atoms with van der Waals surface area (Å²) in [5.74, 6) is 0.869. The summed E-state index contributed by atoms with van der Waals surface area (Å²) < 4.78 is 7.19. The fourth-order valence-corrected chi connectivity index (χ4v) is 4.28. The van der Waals surface area contributed by atoms with Crippen molar-refractivity contribution in [3.63, 3.8) is 0 Å². The molecule has 0 bridgehead atoms. The molecule has 3 aromatic rings. The minimum absolute atomic E-state index is 0.148. The average molecular weight is 488 g/mol. The third-order valence-electron chi connectivity index (χ3n) is 4.88. The van der Waals surface area contributed by atoms with Gasteiger partial charge in [0.1, 0.15) is 5.75 Å². The standard InChI is InChI=1S/C23H26ClN5O3S/c1-5-29-21(15(3)25-22(31)16-8-6-7-9-17(16)24)27-28-23(29)33-13-20(30)26-18-12-14(2)10-11-19(18)32-4/h6-12,15H,5,13H2,1-4H3,(H,25,31)(H,26,30)/t15-/m0/s1. The van der Waals surface area contributed by atoms with Crippen LogP contribution in [-0.2, 0) is 11.3 Å². The van der Waals surface area contributed by atoms with Crippen LogP contribution in [0.15, 0.2) is 47.6 Å². The summed E-state index contributed by atoms with van der Waals surface area (Å²) in [5.41, 5.74) is 2.03. The fourth-order valence-electron chi connectivity index (χ4n) is 3.24. The number of anilines is 1. The maximum absolute atomic E-state index is 12.6. The molecule has 0 aliphatic rings. The number of rotatable bonds is 9. The number of methoxy groups -OCH3 is 1. The lowest BCUT2D eigenvalue weighted by atomic mass is 10.2. The number of aryl methyl sites for hydroxylation is 1. The molecule has 0 aliphatic heterocycles. The van der Waals surface area contributed by atoms with Crippen LogP contribution < -0.4 is 15.4 Å². The molecule has 1 heterocycles. The summed E-state index contributed by atoms with van der Waals surface area (Å²) in [6.45, 7) is 6.32. The van der Waals surface area contributed by atoms with E-state index in [0.717, 1.165) is 5.56 Å². The summed E-state index contributed by atoms with van der Waals surface area (Å²) in [6.07, 6.45) is 0. The highest BCUT2D eigenvalue weighted by Crippen LogP contribution is 2.26. The Morgan fingerprint density at radius 3 is 2.67 bits per heavy atom. The lowest BCUT2D eigenvalue weighted by Gasteiger charge is -2.15. The van der Waals surface area contributed by atoms with Crippen molar-refractivity contribution in [2.75, 3.05) is 18.2 Å². The molecule has 174 valence electrons. The van der Waals surface area contributed by atoms with Gasteiger partial charge in [-0.05, 0) is 50.6 Å². The zero-order valence-corrected chi connectivity index (χ0v) is 20.5. The van der Waals surface area contributed by atoms with E-state index in [1.165, 1.54) is 11.8 Å². The lowest BCUT2D eigenvalue weighted by molar-refractivity contribution is -0.113. The van der Waals surface area contributed by atoms with E-state index in [0.29, 0.717) is 39.5 Å². The van der Waals surface area contributed by atoms with Gasteiger partial charge in [-0.15, -0.1) is 10.2 Å². The molecule has 0 spiro atoms.